The van der Waals surface area contributed by atoms with E-state index in [0.717, 1.165) is 23.3 Å². The summed E-state index contributed by atoms with van der Waals surface area (Å²) in [4.78, 5) is 17.0. The highest BCUT2D eigenvalue weighted by Crippen LogP contribution is 2.23. The summed E-state index contributed by atoms with van der Waals surface area (Å²) in [5.74, 6) is 2.22. The minimum absolute atomic E-state index is 0.112. The molecule has 4 aromatic rings. The Labute approximate surface area is 199 Å². The molecule has 0 radical (unpaired) electrons. The lowest BCUT2D eigenvalue weighted by Crippen LogP contribution is -2.19. The van der Waals surface area contributed by atoms with Gasteiger partial charge in [-0.05, 0) is 53.8 Å². The number of pyridine rings is 1. The summed E-state index contributed by atoms with van der Waals surface area (Å²) in [6.45, 7) is 5.78. The maximum Gasteiger partial charge on any atom is 0.258 e. The maximum absolute atomic E-state index is 12.5. The maximum atomic E-state index is 12.5. The molecular formula is C27H29N3O4. The zero-order valence-corrected chi connectivity index (χ0v) is 19.7. The molecule has 0 aliphatic heterocycles. The molecule has 0 amide bonds. The fraction of sp³-hybridized carbons (Fsp3) is 0.296. The van der Waals surface area contributed by atoms with Gasteiger partial charge in [0.2, 0.25) is 5.82 Å². The van der Waals surface area contributed by atoms with Crippen molar-refractivity contribution in [3.05, 3.63) is 88.3 Å². The van der Waals surface area contributed by atoms with Crippen molar-refractivity contribution < 1.29 is 14.0 Å². The van der Waals surface area contributed by atoms with Crippen LogP contribution in [0.3, 0.4) is 0 Å². The molecule has 0 fully saturated rings. The monoisotopic (exact) mass is 459 g/mol. The third-order valence-corrected chi connectivity index (χ3v) is 5.32. The zero-order chi connectivity index (χ0) is 23.9. The Balaban J connectivity index is 1.51. The molecule has 0 atom stereocenters. The van der Waals surface area contributed by atoms with Gasteiger partial charge in [-0.3, -0.25) is 4.79 Å². The molecule has 7 heteroatoms. The van der Waals surface area contributed by atoms with Gasteiger partial charge in [-0.15, -0.1) is 0 Å². The van der Waals surface area contributed by atoms with Crippen molar-refractivity contribution in [1.82, 2.24) is 14.7 Å². The average molecular weight is 460 g/mol. The molecule has 0 unspecified atom stereocenters. The number of methoxy groups -OCH3 is 1. The molecule has 0 saturated carbocycles. The minimum Gasteiger partial charge on any atom is -0.491 e. The van der Waals surface area contributed by atoms with Crippen LogP contribution in [0.4, 0.5) is 0 Å². The average Bonchev–Trinajstić information content (AvgIpc) is 3.31. The van der Waals surface area contributed by atoms with E-state index in [2.05, 4.69) is 36.1 Å². The summed E-state index contributed by atoms with van der Waals surface area (Å²) in [6.07, 6.45) is 2.78. The van der Waals surface area contributed by atoms with E-state index in [-0.39, 0.29) is 5.56 Å². The van der Waals surface area contributed by atoms with Crippen molar-refractivity contribution in [2.45, 2.75) is 26.8 Å². The van der Waals surface area contributed by atoms with E-state index < -0.39 is 0 Å². The first kappa shape index (κ1) is 23.4. The van der Waals surface area contributed by atoms with Crippen LogP contribution in [0, 0.1) is 5.92 Å². The predicted octanol–water partition coefficient (Wildman–Crippen LogP) is 4.84. The molecule has 2 aromatic carbocycles. The lowest BCUT2D eigenvalue weighted by atomic mass is 10.0. The summed E-state index contributed by atoms with van der Waals surface area (Å²) in [5, 5.41) is 4.13. The largest absolute Gasteiger partial charge is 0.491 e. The SMILES string of the molecule is COCCOc1cccc(Cn2cc(-c3noc(-c4ccc(CC(C)C)cc4)n3)ccc2=O)c1. The zero-order valence-electron chi connectivity index (χ0n) is 19.7. The van der Waals surface area contributed by atoms with Gasteiger partial charge in [0.1, 0.15) is 12.4 Å². The van der Waals surface area contributed by atoms with Gasteiger partial charge in [-0.1, -0.05) is 43.3 Å². The second-order valence-electron chi connectivity index (χ2n) is 8.59. The van der Waals surface area contributed by atoms with E-state index in [1.807, 2.05) is 36.4 Å². The van der Waals surface area contributed by atoms with Gasteiger partial charge < -0.3 is 18.6 Å². The fourth-order valence-corrected chi connectivity index (χ4v) is 3.67. The number of ether oxygens (including phenoxy) is 2. The van der Waals surface area contributed by atoms with Gasteiger partial charge in [0, 0.05) is 30.5 Å². The summed E-state index contributed by atoms with van der Waals surface area (Å²) in [5.41, 5.74) is 3.69. The topological polar surface area (TPSA) is 79.4 Å². The molecule has 2 aromatic heterocycles. The Morgan fingerprint density at radius 3 is 2.53 bits per heavy atom. The molecule has 0 bridgehead atoms. The number of hydrogen-bond acceptors (Lipinski definition) is 6. The molecular weight excluding hydrogens is 430 g/mol. The number of hydrogen-bond donors (Lipinski definition) is 0. The molecule has 34 heavy (non-hydrogen) atoms. The van der Waals surface area contributed by atoms with Crippen molar-refractivity contribution in [1.29, 1.82) is 0 Å². The van der Waals surface area contributed by atoms with Crippen molar-refractivity contribution in [3.63, 3.8) is 0 Å². The highest BCUT2D eigenvalue weighted by Gasteiger charge is 2.12. The molecule has 0 aliphatic rings. The third-order valence-electron chi connectivity index (χ3n) is 5.32. The Kier molecular flexibility index (Phi) is 7.54. The van der Waals surface area contributed by atoms with Crippen molar-refractivity contribution in [2.75, 3.05) is 20.3 Å². The van der Waals surface area contributed by atoms with Crippen LogP contribution in [0.2, 0.25) is 0 Å². The van der Waals surface area contributed by atoms with Crippen LogP contribution < -0.4 is 10.3 Å². The van der Waals surface area contributed by atoms with E-state index in [1.54, 1.807) is 23.9 Å². The quantitative estimate of drug-likeness (QED) is 0.316. The molecule has 0 saturated heterocycles. The van der Waals surface area contributed by atoms with E-state index in [4.69, 9.17) is 14.0 Å². The summed E-state index contributed by atoms with van der Waals surface area (Å²) in [6, 6.07) is 19.1. The molecule has 7 nitrogen and oxygen atoms in total. The molecule has 0 N–H and O–H groups in total. The third kappa shape index (κ3) is 5.99. The van der Waals surface area contributed by atoms with E-state index >= 15 is 0 Å². The van der Waals surface area contributed by atoms with Crippen molar-refractivity contribution in [3.8, 4) is 28.6 Å². The van der Waals surface area contributed by atoms with Crippen LogP contribution >= 0.6 is 0 Å². The van der Waals surface area contributed by atoms with Gasteiger partial charge in [-0.2, -0.15) is 4.98 Å². The van der Waals surface area contributed by atoms with Crippen molar-refractivity contribution >= 4 is 0 Å². The van der Waals surface area contributed by atoms with Gasteiger partial charge in [0.25, 0.3) is 11.4 Å². The molecule has 0 aliphatic carbocycles. The van der Waals surface area contributed by atoms with Gasteiger partial charge >= 0.3 is 0 Å². The van der Waals surface area contributed by atoms with Crippen LogP contribution in [0.1, 0.15) is 25.0 Å². The smallest absolute Gasteiger partial charge is 0.258 e. The Morgan fingerprint density at radius 1 is 0.971 bits per heavy atom. The first-order valence-corrected chi connectivity index (χ1v) is 11.4. The highest BCUT2D eigenvalue weighted by atomic mass is 16.5. The first-order valence-electron chi connectivity index (χ1n) is 11.4. The molecule has 2 heterocycles. The predicted molar refractivity (Wildman–Crippen MR) is 131 cm³/mol. The summed E-state index contributed by atoms with van der Waals surface area (Å²) >= 11 is 0. The summed E-state index contributed by atoms with van der Waals surface area (Å²) in [7, 11) is 1.63. The Bertz CT molecular complexity index is 1280. The van der Waals surface area contributed by atoms with Crippen LogP contribution in [0.15, 0.2) is 76.2 Å². The lowest BCUT2D eigenvalue weighted by molar-refractivity contribution is 0.146. The van der Waals surface area contributed by atoms with Crippen LogP contribution in [-0.2, 0) is 17.7 Å². The molecule has 0 spiro atoms. The molecule has 4 rings (SSSR count). The van der Waals surface area contributed by atoms with Crippen molar-refractivity contribution in [2.24, 2.45) is 5.92 Å². The Hall–Kier alpha value is -3.71. The van der Waals surface area contributed by atoms with E-state index in [9.17, 15) is 4.79 Å². The van der Waals surface area contributed by atoms with E-state index in [1.165, 1.54) is 11.6 Å². The second-order valence-corrected chi connectivity index (χ2v) is 8.59. The standard InChI is InChI=1S/C27H29N3O4/c1-19(2)15-20-7-9-22(10-8-20)27-28-26(29-34-27)23-11-12-25(31)30(18-23)17-21-5-4-6-24(16-21)33-14-13-32-3/h4-12,16,18-19H,13-15,17H2,1-3H3. The van der Waals surface area contributed by atoms with Gasteiger partial charge in [0.05, 0.1) is 13.2 Å². The molecule has 176 valence electrons. The van der Waals surface area contributed by atoms with Crippen LogP contribution in [0.5, 0.6) is 5.75 Å². The normalized spacial score (nSPS) is 11.2. The van der Waals surface area contributed by atoms with Crippen LogP contribution in [0.25, 0.3) is 22.8 Å². The van der Waals surface area contributed by atoms with Gasteiger partial charge in [0.15, 0.2) is 0 Å². The Morgan fingerprint density at radius 2 is 1.76 bits per heavy atom. The second kappa shape index (κ2) is 10.9. The summed E-state index contributed by atoms with van der Waals surface area (Å²) < 4.78 is 17.8. The number of rotatable bonds is 10. The van der Waals surface area contributed by atoms with Gasteiger partial charge in [-0.25, -0.2) is 0 Å². The van der Waals surface area contributed by atoms with Crippen LogP contribution in [-0.4, -0.2) is 35.0 Å². The first-order chi connectivity index (χ1) is 16.5. The number of benzene rings is 2. The lowest BCUT2D eigenvalue weighted by Gasteiger charge is -2.10. The van der Waals surface area contributed by atoms with E-state index in [0.29, 0.717) is 43.0 Å². The minimum atomic E-state index is -0.112. The number of nitrogens with zero attached hydrogens (tertiary/aromatic N) is 3. The fourth-order valence-electron chi connectivity index (χ4n) is 3.67. The highest BCUT2D eigenvalue weighted by molar-refractivity contribution is 5.59. The number of aromatic nitrogens is 3.